The van der Waals surface area contributed by atoms with Crippen LogP contribution in [0, 0.1) is 5.41 Å². The molecule has 4 nitrogen and oxygen atoms in total. The number of aryl methyl sites for hydroxylation is 1. The molecule has 0 fully saturated rings. The average Bonchev–Trinajstić information content (AvgIpc) is 3.26. The summed E-state index contributed by atoms with van der Waals surface area (Å²) in [6.45, 7) is 1.08. The van der Waals surface area contributed by atoms with E-state index >= 15 is 0 Å². The van der Waals surface area contributed by atoms with E-state index in [2.05, 4.69) is 29.4 Å². The van der Waals surface area contributed by atoms with Gasteiger partial charge in [0.15, 0.2) is 5.78 Å². The number of hydrogen-bond donors (Lipinski definition) is 0. The molecule has 1 aliphatic rings. The number of hydrogen-bond acceptors (Lipinski definition) is 3. The van der Waals surface area contributed by atoms with Gasteiger partial charge in [-0.15, -0.1) is 0 Å². The fourth-order valence-corrected chi connectivity index (χ4v) is 4.65. The van der Waals surface area contributed by atoms with Crippen LogP contribution in [-0.2, 0) is 26.0 Å². The van der Waals surface area contributed by atoms with Gasteiger partial charge in [0.1, 0.15) is 23.7 Å². The number of carbonyl (C=O) groups is 1. The van der Waals surface area contributed by atoms with Gasteiger partial charge in [-0.3, -0.25) is 9.48 Å². The maximum absolute atomic E-state index is 13.9. The van der Waals surface area contributed by atoms with Crippen LogP contribution in [0.4, 0.5) is 0 Å². The third-order valence-electron chi connectivity index (χ3n) is 6.25. The molecule has 4 aromatic rings. The lowest BCUT2D eigenvalue weighted by Crippen LogP contribution is -2.42. The molecule has 1 aliphatic heterocycles. The summed E-state index contributed by atoms with van der Waals surface area (Å²) in [7, 11) is 0. The van der Waals surface area contributed by atoms with Crippen LogP contribution in [0.25, 0.3) is 0 Å². The minimum Gasteiger partial charge on any atom is -0.487 e. The Labute approximate surface area is 188 Å². The van der Waals surface area contributed by atoms with Crippen LogP contribution < -0.4 is 4.74 Å². The summed E-state index contributed by atoms with van der Waals surface area (Å²) in [4.78, 5) is 13.9. The molecule has 0 unspecified atom stereocenters. The number of nitrogens with zero attached hydrogens (tertiary/aromatic N) is 2. The van der Waals surface area contributed by atoms with Crippen molar-refractivity contribution in [1.82, 2.24) is 9.78 Å². The Balaban J connectivity index is 1.43. The summed E-state index contributed by atoms with van der Waals surface area (Å²) in [5.74, 6) is 0.974. The molecular formula is C28H26N2O2. The predicted molar refractivity (Wildman–Crippen MR) is 125 cm³/mol. The normalized spacial score (nSPS) is 14.7. The van der Waals surface area contributed by atoms with Gasteiger partial charge in [-0.05, 0) is 48.6 Å². The molecule has 0 spiro atoms. The first-order chi connectivity index (χ1) is 15.7. The van der Waals surface area contributed by atoms with E-state index < -0.39 is 5.41 Å². The Hall–Kier alpha value is -3.66. The van der Waals surface area contributed by atoms with Crippen molar-refractivity contribution in [2.75, 3.05) is 0 Å². The Morgan fingerprint density at radius 2 is 1.38 bits per heavy atom. The zero-order chi connectivity index (χ0) is 21.8. The summed E-state index contributed by atoms with van der Waals surface area (Å²) >= 11 is 0. The van der Waals surface area contributed by atoms with Crippen LogP contribution in [-0.4, -0.2) is 15.6 Å². The Bertz CT molecular complexity index is 1140. The van der Waals surface area contributed by atoms with Crippen LogP contribution >= 0.6 is 0 Å². The standard InChI is InChI=1S/C28H26N2O2/c31-27-26-18-24(21-32-25-14-8-3-9-15-25)29-30(26)17-16-28(27,19-22-10-4-1-5-11-22)20-23-12-6-2-7-13-23/h1-15,18H,16-17,19-21H2. The number of ether oxygens (including phenoxy) is 1. The van der Waals surface area contributed by atoms with E-state index in [1.165, 1.54) is 11.1 Å². The highest BCUT2D eigenvalue weighted by molar-refractivity contribution is 6.00. The molecule has 0 atom stereocenters. The smallest absolute Gasteiger partial charge is 0.187 e. The fraction of sp³-hybridized carbons (Fsp3) is 0.214. The molecule has 0 aliphatic carbocycles. The zero-order valence-corrected chi connectivity index (χ0v) is 18.0. The van der Waals surface area contributed by atoms with Crippen LogP contribution in [0.1, 0.15) is 33.7 Å². The van der Waals surface area contributed by atoms with Crippen molar-refractivity contribution < 1.29 is 9.53 Å². The van der Waals surface area contributed by atoms with Gasteiger partial charge in [-0.2, -0.15) is 5.10 Å². The molecule has 3 aromatic carbocycles. The van der Waals surface area contributed by atoms with Crippen LogP contribution in [0.3, 0.4) is 0 Å². The van der Waals surface area contributed by atoms with E-state index in [1.54, 1.807) is 0 Å². The molecule has 4 heteroatoms. The number of Topliss-reactive ketones (excluding diaryl/α,β-unsaturated/α-hetero) is 1. The summed E-state index contributed by atoms with van der Waals surface area (Å²) in [5, 5.41) is 4.67. The summed E-state index contributed by atoms with van der Waals surface area (Å²) in [6, 6.07) is 32.3. The van der Waals surface area contributed by atoms with Crippen molar-refractivity contribution in [3.63, 3.8) is 0 Å². The number of rotatable bonds is 7. The van der Waals surface area contributed by atoms with Gasteiger partial charge in [-0.1, -0.05) is 78.9 Å². The Morgan fingerprint density at radius 1 is 0.812 bits per heavy atom. The molecule has 160 valence electrons. The van der Waals surface area contributed by atoms with Gasteiger partial charge >= 0.3 is 0 Å². The summed E-state index contributed by atoms with van der Waals surface area (Å²) in [6.07, 6.45) is 2.22. The monoisotopic (exact) mass is 422 g/mol. The van der Waals surface area contributed by atoms with Crippen LogP contribution in [0.5, 0.6) is 5.75 Å². The topological polar surface area (TPSA) is 44.1 Å². The van der Waals surface area contributed by atoms with E-state index in [0.29, 0.717) is 12.3 Å². The first-order valence-corrected chi connectivity index (χ1v) is 11.1. The van der Waals surface area contributed by atoms with E-state index in [1.807, 2.05) is 77.5 Å². The minimum atomic E-state index is -0.476. The number of ketones is 1. The zero-order valence-electron chi connectivity index (χ0n) is 18.0. The average molecular weight is 423 g/mol. The van der Waals surface area contributed by atoms with Crippen molar-refractivity contribution in [1.29, 1.82) is 0 Å². The van der Waals surface area contributed by atoms with Gasteiger partial charge in [0.2, 0.25) is 0 Å². The molecule has 5 rings (SSSR count). The largest absolute Gasteiger partial charge is 0.487 e. The second kappa shape index (κ2) is 8.83. The number of para-hydroxylation sites is 1. The lowest BCUT2D eigenvalue weighted by atomic mass is 9.68. The SMILES string of the molecule is O=C1c2cc(COc3ccccc3)nn2CCC1(Cc1ccccc1)Cc1ccccc1. The van der Waals surface area contributed by atoms with Crippen molar-refractivity contribution >= 4 is 5.78 Å². The van der Waals surface area contributed by atoms with Gasteiger partial charge in [-0.25, -0.2) is 0 Å². The van der Waals surface area contributed by atoms with Crippen molar-refractivity contribution in [2.24, 2.45) is 5.41 Å². The highest BCUT2D eigenvalue weighted by Gasteiger charge is 2.43. The molecule has 0 N–H and O–H groups in total. The van der Waals surface area contributed by atoms with Gasteiger partial charge in [0.05, 0.1) is 0 Å². The van der Waals surface area contributed by atoms with Crippen LogP contribution in [0.15, 0.2) is 97.1 Å². The molecule has 0 saturated heterocycles. The maximum atomic E-state index is 13.9. The molecule has 1 aromatic heterocycles. The molecule has 0 bridgehead atoms. The van der Waals surface area contributed by atoms with Gasteiger partial charge < -0.3 is 4.74 Å². The fourth-order valence-electron chi connectivity index (χ4n) is 4.65. The molecule has 32 heavy (non-hydrogen) atoms. The molecule has 0 radical (unpaired) electrons. The van der Waals surface area contributed by atoms with E-state index in [0.717, 1.165) is 37.3 Å². The van der Waals surface area contributed by atoms with Crippen LogP contribution in [0.2, 0.25) is 0 Å². The van der Waals surface area contributed by atoms with E-state index in [4.69, 9.17) is 4.74 Å². The first kappa shape index (κ1) is 20.3. The third-order valence-corrected chi connectivity index (χ3v) is 6.25. The maximum Gasteiger partial charge on any atom is 0.187 e. The van der Waals surface area contributed by atoms with Gasteiger partial charge in [0.25, 0.3) is 0 Å². The van der Waals surface area contributed by atoms with E-state index in [-0.39, 0.29) is 5.78 Å². The van der Waals surface area contributed by atoms with Crippen molar-refractivity contribution in [3.05, 3.63) is 120 Å². The quantitative estimate of drug-likeness (QED) is 0.394. The first-order valence-electron chi connectivity index (χ1n) is 11.1. The number of benzene rings is 3. The number of aromatic nitrogens is 2. The lowest BCUT2D eigenvalue weighted by molar-refractivity contribution is 0.0707. The summed E-state index contributed by atoms with van der Waals surface area (Å²) in [5.41, 5.74) is 3.38. The lowest BCUT2D eigenvalue weighted by Gasteiger charge is -2.36. The Kier molecular flexibility index (Phi) is 5.59. The molecular weight excluding hydrogens is 396 g/mol. The molecule has 0 amide bonds. The predicted octanol–water partition coefficient (Wildman–Crippen LogP) is 5.52. The highest BCUT2D eigenvalue weighted by atomic mass is 16.5. The van der Waals surface area contributed by atoms with Crippen molar-refractivity contribution in [2.45, 2.75) is 32.4 Å². The Morgan fingerprint density at radius 3 is 1.97 bits per heavy atom. The highest BCUT2D eigenvalue weighted by Crippen LogP contribution is 2.39. The second-order valence-corrected chi connectivity index (χ2v) is 8.53. The minimum absolute atomic E-state index is 0.176. The summed E-state index contributed by atoms with van der Waals surface area (Å²) < 4.78 is 7.72. The van der Waals surface area contributed by atoms with Crippen molar-refractivity contribution in [3.8, 4) is 5.75 Å². The third kappa shape index (κ3) is 4.22. The van der Waals surface area contributed by atoms with E-state index in [9.17, 15) is 4.79 Å². The van der Waals surface area contributed by atoms with Gasteiger partial charge in [0, 0.05) is 12.0 Å². The number of carbonyl (C=O) groups excluding carboxylic acids is 1. The second-order valence-electron chi connectivity index (χ2n) is 8.53. The molecule has 0 saturated carbocycles. The number of fused-ring (bicyclic) bond motifs is 1. The molecule has 2 heterocycles.